The van der Waals surface area contributed by atoms with Crippen molar-refractivity contribution in [3.63, 3.8) is 0 Å². The van der Waals surface area contributed by atoms with E-state index in [0.29, 0.717) is 12.0 Å². The van der Waals surface area contributed by atoms with Gasteiger partial charge in [-0.25, -0.2) is 4.98 Å². The van der Waals surface area contributed by atoms with Crippen molar-refractivity contribution in [2.75, 3.05) is 7.05 Å². The highest BCUT2D eigenvalue weighted by Gasteiger charge is 2.18. The van der Waals surface area contributed by atoms with Crippen molar-refractivity contribution in [2.45, 2.75) is 45.6 Å². The second-order valence-corrected chi connectivity index (χ2v) is 4.51. The van der Waals surface area contributed by atoms with Gasteiger partial charge in [-0.2, -0.15) is 0 Å². The number of likely N-dealkylation sites (N-methyl/N-ethyl adjacent to an activating group) is 1. The molecule has 1 N–H and O–H groups in total. The van der Waals surface area contributed by atoms with Crippen molar-refractivity contribution in [2.24, 2.45) is 0 Å². The molecule has 0 radical (unpaired) electrons. The third-order valence-corrected chi connectivity index (χ3v) is 3.77. The zero-order valence-electron chi connectivity index (χ0n) is 9.50. The predicted octanol–water partition coefficient (Wildman–Crippen LogP) is 2.81. The SMILES string of the molecule is CCc1csc(C(CC)C(C)NC)n1. The molecule has 0 aromatic carbocycles. The zero-order chi connectivity index (χ0) is 10.6. The first-order valence-corrected chi connectivity index (χ1v) is 6.22. The maximum Gasteiger partial charge on any atom is 0.0974 e. The highest BCUT2D eigenvalue weighted by atomic mass is 32.1. The lowest BCUT2D eigenvalue weighted by Crippen LogP contribution is -2.28. The van der Waals surface area contributed by atoms with Crippen LogP contribution >= 0.6 is 11.3 Å². The van der Waals surface area contributed by atoms with Gasteiger partial charge in [-0.15, -0.1) is 11.3 Å². The van der Waals surface area contributed by atoms with E-state index in [4.69, 9.17) is 0 Å². The molecule has 0 saturated carbocycles. The lowest BCUT2D eigenvalue weighted by molar-refractivity contribution is 0.481. The van der Waals surface area contributed by atoms with E-state index in [-0.39, 0.29) is 0 Å². The van der Waals surface area contributed by atoms with Crippen LogP contribution < -0.4 is 5.32 Å². The largest absolute Gasteiger partial charge is 0.317 e. The Bertz CT molecular complexity index is 270. The summed E-state index contributed by atoms with van der Waals surface area (Å²) in [7, 11) is 2.02. The van der Waals surface area contributed by atoms with Gasteiger partial charge in [-0.05, 0) is 26.8 Å². The molecule has 14 heavy (non-hydrogen) atoms. The Kier molecular flexibility index (Phi) is 4.55. The number of rotatable bonds is 5. The van der Waals surface area contributed by atoms with Crippen LogP contribution in [0.4, 0.5) is 0 Å². The lowest BCUT2D eigenvalue weighted by Gasteiger charge is -2.19. The van der Waals surface area contributed by atoms with Crippen LogP contribution in [0.1, 0.15) is 43.8 Å². The van der Waals surface area contributed by atoms with Gasteiger partial charge in [0.05, 0.1) is 10.7 Å². The summed E-state index contributed by atoms with van der Waals surface area (Å²) >= 11 is 1.80. The monoisotopic (exact) mass is 212 g/mol. The van der Waals surface area contributed by atoms with Crippen LogP contribution in [0.3, 0.4) is 0 Å². The molecule has 0 amide bonds. The summed E-state index contributed by atoms with van der Waals surface area (Å²) in [6.07, 6.45) is 2.19. The van der Waals surface area contributed by atoms with Crippen molar-refractivity contribution in [1.82, 2.24) is 10.3 Å². The van der Waals surface area contributed by atoms with Gasteiger partial charge >= 0.3 is 0 Å². The third kappa shape index (κ3) is 2.55. The van der Waals surface area contributed by atoms with E-state index in [1.54, 1.807) is 11.3 Å². The number of nitrogens with zero attached hydrogens (tertiary/aromatic N) is 1. The normalized spacial score (nSPS) is 15.4. The number of aryl methyl sites for hydroxylation is 1. The molecule has 80 valence electrons. The van der Waals surface area contributed by atoms with Crippen LogP contribution in [0.15, 0.2) is 5.38 Å². The van der Waals surface area contributed by atoms with Gasteiger partial charge in [0.2, 0.25) is 0 Å². The Hall–Kier alpha value is -0.410. The second-order valence-electron chi connectivity index (χ2n) is 3.62. The number of thiazole rings is 1. The maximum absolute atomic E-state index is 4.65. The van der Waals surface area contributed by atoms with E-state index in [0.717, 1.165) is 12.8 Å². The Balaban J connectivity index is 2.78. The molecule has 3 heteroatoms. The van der Waals surface area contributed by atoms with Crippen LogP contribution in [0.25, 0.3) is 0 Å². The summed E-state index contributed by atoms with van der Waals surface area (Å²) in [4.78, 5) is 4.65. The number of aromatic nitrogens is 1. The average molecular weight is 212 g/mol. The van der Waals surface area contributed by atoms with Crippen molar-refractivity contribution in [3.8, 4) is 0 Å². The molecule has 2 unspecified atom stereocenters. The summed E-state index contributed by atoms with van der Waals surface area (Å²) in [6, 6.07) is 0.510. The molecule has 0 aliphatic heterocycles. The molecular weight excluding hydrogens is 192 g/mol. The number of nitrogens with one attached hydrogen (secondary N) is 1. The Labute approximate surface area is 90.8 Å². The first kappa shape index (κ1) is 11.7. The molecule has 0 fully saturated rings. The Morgan fingerprint density at radius 1 is 1.50 bits per heavy atom. The van der Waals surface area contributed by atoms with Gasteiger partial charge in [0.25, 0.3) is 0 Å². The van der Waals surface area contributed by atoms with Crippen molar-refractivity contribution < 1.29 is 0 Å². The fourth-order valence-electron chi connectivity index (χ4n) is 1.60. The fourth-order valence-corrected chi connectivity index (χ4v) is 2.79. The molecule has 0 saturated heterocycles. The molecule has 0 spiro atoms. The molecule has 1 aromatic rings. The zero-order valence-corrected chi connectivity index (χ0v) is 10.3. The summed E-state index contributed by atoms with van der Waals surface area (Å²) in [5, 5.41) is 6.77. The summed E-state index contributed by atoms with van der Waals surface area (Å²) in [6.45, 7) is 6.61. The van der Waals surface area contributed by atoms with Crippen LogP contribution in [-0.2, 0) is 6.42 Å². The standard InChI is InChI=1S/C11H20N2S/c1-5-9-7-14-11(13-9)10(6-2)8(3)12-4/h7-8,10,12H,5-6H2,1-4H3. The fraction of sp³-hybridized carbons (Fsp3) is 0.727. The summed E-state index contributed by atoms with van der Waals surface area (Å²) in [5.41, 5.74) is 1.23. The lowest BCUT2D eigenvalue weighted by atomic mass is 9.99. The quantitative estimate of drug-likeness (QED) is 0.812. The second kappa shape index (κ2) is 5.47. The molecule has 0 aliphatic rings. The number of hydrogen-bond donors (Lipinski definition) is 1. The minimum Gasteiger partial charge on any atom is -0.317 e. The molecule has 0 bridgehead atoms. The van der Waals surface area contributed by atoms with E-state index >= 15 is 0 Å². The highest BCUT2D eigenvalue weighted by molar-refractivity contribution is 7.09. The first-order chi connectivity index (χ1) is 6.72. The van der Waals surface area contributed by atoms with Gasteiger partial charge in [0, 0.05) is 17.3 Å². The van der Waals surface area contributed by atoms with Gasteiger partial charge < -0.3 is 5.32 Å². The van der Waals surface area contributed by atoms with Crippen molar-refractivity contribution in [1.29, 1.82) is 0 Å². The Morgan fingerprint density at radius 2 is 2.21 bits per heavy atom. The van der Waals surface area contributed by atoms with Gasteiger partial charge in [-0.1, -0.05) is 13.8 Å². The van der Waals surface area contributed by atoms with Gasteiger partial charge in [-0.3, -0.25) is 0 Å². The molecular formula is C11H20N2S. The molecule has 1 aromatic heterocycles. The molecule has 0 aliphatic carbocycles. The van der Waals surface area contributed by atoms with E-state index in [1.807, 2.05) is 7.05 Å². The molecule has 1 rings (SSSR count). The van der Waals surface area contributed by atoms with Crippen molar-refractivity contribution in [3.05, 3.63) is 16.1 Å². The van der Waals surface area contributed by atoms with E-state index in [9.17, 15) is 0 Å². The topological polar surface area (TPSA) is 24.9 Å². The van der Waals surface area contributed by atoms with Gasteiger partial charge in [0.1, 0.15) is 0 Å². The minimum absolute atomic E-state index is 0.510. The summed E-state index contributed by atoms with van der Waals surface area (Å²) < 4.78 is 0. The Morgan fingerprint density at radius 3 is 2.64 bits per heavy atom. The highest BCUT2D eigenvalue weighted by Crippen LogP contribution is 2.26. The van der Waals surface area contributed by atoms with Crippen LogP contribution in [0, 0.1) is 0 Å². The average Bonchev–Trinajstić information content (AvgIpc) is 2.67. The smallest absolute Gasteiger partial charge is 0.0974 e. The molecule has 2 atom stereocenters. The van der Waals surface area contributed by atoms with Crippen LogP contribution in [-0.4, -0.2) is 18.1 Å². The van der Waals surface area contributed by atoms with E-state index in [1.165, 1.54) is 10.7 Å². The predicted molar refractivity (Wildman–Crippen MR) is 63.0 cm³/mol. The van der Waals surface area contributed by atoms with Crippen LogP contribution in [0.2, 0.25) is 0 Å². The van der Waals surface area contributed by atoms with E-state index < -0.39 is 0 Å². The minimum atomic E-state index is 0.510. The van der Waals surface area contributed by atoms with E-state index in [2.05, 4.69) is 36.5 Å². The molecule has 1 heterocycles. The van der Waals surface area contributed by atoms with Gasteiger partial charge in [0.15, 0.2) is 0 Å². The number of hydrogen-bond acceptors (Lipinski definition) is 3. The first-order valence-electron chi connectivity index (χ1n) is 5.34. The third-order valence-electron chi connectivity index (χ3n) is 2.75. The summed E-state index contributed by atoms with van der Waals surface area (Å²) in [5.74, 6) is 0.560. The molecule has 2 nitrogen and oxygen atoms in total. The van der Waals surface area contributed by atoms with Crippen molar-refractivity contribution >= 4 is 11.3 Å². The van der Waals surface area contributed by atoms with Crippen LogP contribution in [0.5, 0.6) is 0 Å². The maximum atomic E-state index is 4.65.